The van der Waals surface area contributed by atoms with Gasteiger partial charge in [0.1, 0.15) is 5.82 Å². The van der Waals surface area contributed by atoms with Gasteiger partial charge >= 0.3 is 0 Å². The molecule has 0 saturated heterocycles. The summed E-state index contributed by atoms with van der Waals surface area (Å²) in [5.74, 6) is 6.14. The Balaban J connectivity index is 1.44. The second-order valence-corrected chi connectivity index (χ2v) is 10.2. The average molecular weight is 542 g/mol. The molecule has 4 rings (SSSR count). The predicted molar refractivity (Wildman–Crippen MR) is 152 cm³/mol. The van der Waals surface area contributed by atoms with Crippen LogP contribution in [0.1, 0.15) is 33.8 Å². The number of hydrogen-bond donors (Lipinski definition) is 1. The van der Waals surface area contributed by atoms with Crippen molar-refractivity contribution in [2.24, 2.45) is 0 Å². The molecule has 1 N–H and O–H groups in total. The van der Waals surface area contributed by atoms with Crippen molar-refractivity contribution in [3.63, 3.8) is 0 Å². The van der Waals surface area contributed by atoms with Crippen LogP contribution in [0.3, 0.4) is 0 Å². The number of amides is 1. The molecule has 0 saturated carbocycles. The molecular weight excluding hydrogens is 518 g/mol. The minimum atomic E-state index is -3.97. The number of hydrogen-bond acceptors (Lipinski definition) is 4. The molecule has 6 nitrogen and oxygen atoms in total. The van der Waals surface area contributed by atoms with Crippen LogP contribution in [0.2, 0.25) is 5.15 Å². The zero-order valence-electron chi connectivity index (χ0n) is 20.5. The van der Waals surface area contributed by atoms with E-state index in [1.54, 1.807) is 24.3 Å². The lowest BCUT2D eigenvalue weighted by molar-refractivity contribution is -0.114. The summed E-state index contributed by atoms with van der Waals surface area (Å²) in [4.78, 5) is 16.6. The monoisotopic (exact) mass is 541 g/mol. The number of halogens is 1. The third-order valence-electron chi connectivity index (χ3n) is 5.45. The summed E-state index contributed by atoms with van der Waals surface area (Å²) >= 11 is 6.31. The van der Waals surface area contributed by atoms with E-state index < -0.39 is 15.9 Å². The minimum Gasteiger partial charge on any atom is -0.323 e. The fourth-order valence-electron chi connectivity index (χ4n) is 3.54. The highest BCUT2D eigenvalue weighted by atomic mass is 35.5. The first-order valence-corrected chi connectivity index (χ1v) is 13.6. The van der Waals surface area contributed by atoms with Crippen LogP contribution < -0.4 is 4.72 Å². The van der Waals surface area contributed by atoms with Gasteiger partial charge < -0.3 is 4.57 Å². The van der Waals surface area contributed by atoms with Gasteiger partial charge in [-0.1, -0.05) is 84.1 Å². The molecule has 1 amide bonds. The molecule has 0 aliphatic carbocycles. The van der Waals surface area contributed by atoms with Crippen molar-refractivity contribution in [1.29, 1.82) is 0 Å². The van der Waals surface area contributed by atoms with Crippen molar-refractivity contribution >= 4 is 39.7 Å². The fourth-order valence-corrected chi connectivity index (χ4v) is 4.58. The second-order valence-electron chi connectivity index (χ2n) is 8.29. The molecule has 0 bridgehead atoms. The number of aromatic nitrogens is 2. The number of aryl methyl sites for hydroxylation is 1. The molecular formula is C30H24ClN3O3S. The molecule has 0 spiro atoms. The first kappa shape index (κ1) is 26.7. The summed E-state index contributed by atoms with van der Waals surface area (Å²) in [6.45, 7) is 2.26. The number of carbonyl (C=O) groups is 1. The topological polar surface area (TPSA) is 81.1 Å². The molecule has 0 radical (unpaired) electrons. The fraction of sp³-hybridized carbons (Fsp3) is 0.0667. The highest BCUT2D eigenvalue weighted by Gasteiger charge is 2.13. The molecule has 0 aliphatic heterocycles. The van der Waals surface area contributed by atoms with Crippen molar-refractivity contribution in [2.45, 2.75) is 13.5 Å². The van der Waals surface area contributed by atoms with Crippen LogP contribution >= 0.6 is 11.6 Å². The van der Waals surface area contributed by atoms with E-state index in [0.717, 1.165) is 28.2 Å². The molecule has 0 unspecified atom stereocenters. The summed E-state index contributed by atoms with van der Waals surface area (Å²) in [5.41, 5.74) is 4.01. The quantitative estimate of drug-likeness (QED) is 0.250. The third kappa shape index (κ3) is 7.56. The maximum Gasteiger partial charge on any atom is 0.257 e. The second kappa shape index (κ2) is 12.2. The SMILES string of the molecule is Cc1nc(Cl)c(C=CC(=O)NS(=O)(=O)C=Cc2ccccc2)n1Cc1ccc(C#Cc2ccccc2)cc1. The molecule has 1 heterocycles. The van der Waals surface area contributed by atoms with E-state index in [2.05, 4.69) is 16.8 Å². The average Bonchev–Trinajstić information content (AvgIpc) is 3.18. The van der Waals surface area contributed by atoms with Gasteiger partial charge in [-0.15, -0.1) is 0 Å². The van der Waals surface area contributed by atoms with Crippen LogP contribution in [0, 0.1) is 18.8 Å². The van der Waals surface area contributed by atoms with Gasteiger partial charge in [-0.05, 0) is 54.5 Å². The number of nitrogens with zero attached hydrogens (tertiary/aromatic N) is 2. The highest BCUT2D eigenvalue weighted by molar-refractivity contribution is 7.93. The van der Waals surface area contributed by atoms with E-state index in [9.17, 15) is 13.2 Å². The normalized spacial score (nSPS) is 11.4. The van der Waals surface area contributed by atoms with Crippen LogP contribution in [0.25, 0.3) is 12.2 Å². The molecule has 0 aliphatic rings. The maximum atomic E-state index is 12.3. The van der Waals surface area contributed by atoms with E-state index in [0.29, 0.717) is 23.6 Å². The molecule has 190 valence electrons. The smallest absolute Gasteiger partial charge is 0.257 e. The number of carbonyl (C=O) groups excluding carboxylic acids is 1. The first-order valence-electron chi connectivity index (χ1n) is 11.7. The Kier molecular flexibility index (Phi) is 8.59. The van der Waals surface area contributed by atoms with Gasteiger partial charge in [0.25, 0.3) is 15.9 Å². The Labute approximate surface area is 227 Å². The molecule has 1 aromatic heterocycles. The zero-order chi connectivity index (χ0) is 27.0. The van der Waals surface area contributed by atoms with E-state index in [-0.39, 0.29) is 5.15 Å². The minimum absolute atomic E-state index is 0.212. The van der Waals surface area contributed by atoms with Gasteiger partial charge in [0.2, 0.25) is 0 Å². The van der Waals surface area contributed by atoms with Gasteiger partial charge in [0.05, 0.1) is 11.1 Å². The highest BCUT2D eigenvalue weighted by Crippen LogP contribution is 2.20. The van der Waals surface area contributed by atoms with Gasteiger partial charge in [0, 0.05) is 23.7 Å². The number of imidazole rings is 1. The maximum absolute atomic E-state index is 12.3. The number of sulfonamides is 1. The lowest BCUT2D eigenvalue weighted by Gasteiger charge is -2.09. The van der Waals surface area contributed by atoms with Crippen molar-refractivity contribution in [3.05, 3.63) is 135 Å². The first-order chi connectivity index (χ1) is 18.3. The molecule has 0 atom stereocenters. The lowest BCUT2D eigenvalue weighted by atomic mass is 10.1. The Hall–Kier alpha value is -4.38. The predicted octanol–water partition coefficient (Wildman–Crippen LogP) is 5.42. The van der Waals surface area contributed by atoms with Crippen LogP contribution in [0.15, 0.2) is 96.4 Å². The number of nitrogens with one attached hydrogen (secondary N) is 1. The molecule has 4 aromatic rings. The van der Waals surface area contributed by atoms with Gasteiger partial charge in [0.15, 0.2) is 5.15 Å². The van der Waals surface area contributed by atoms with Crippen LogP contribution in [0.5, 0.6) is 0 Å². The van der Waals surface area contributed by atoms with Gasteiger partial charge in [-0.3, -0.25) is 4.79 Å². The standard InChI is InChI=1S/C30H24ClN3O3S/c1-23-32-30(31)28(18-19-29(35)33-38(36,37)21-20-25-10-6-3-7-11-25)34(23)22-27-16-14-26(15-17-27)13-12-24-8-4-2-5-9-24/h2-11,14-21H,22H2,1H3,(H,33,35). The summed E-state index contributed by atoms with van der Waals surface area (Å²) in [6.07, 6.45) is 3.98. The number of rotatable bonds is 7. The summed E-state index contributed by atoms with van der Waals surface area (Å²) < 4.78 is 28.4. The summed E-state index contributed by atoms with van der Waals surface area (Å²) in [5, 5.41) is 1.16. The Morgan fingerprint density at radius 1 is 0.921 bits per heavy atom. The molecule has 38 heavy (non-hydrogen) atoms. The van der Waals surface area contributed by atoms with E-state index in [4.69, 9.17) is 11.6 Å². The summed E-state index contributed by atoms with van der Waals surface area (Å²) in [6, 6.07) is 26.5. The van der Waals surface area contributed by atoms with Crippen LogP contribution in [-0.4, -0.2) is 23.9 Å². The van der Waals surface area contributed by atoms with Crippen molar-refractivity contribution in [2.75, 3.05) is 0 Å². The Bertz CT molecular complexity index is 1650. The van der Waals surface area contributed by atoms with Crippen molar-refractivity contribution in [1.82, 2.24) is 14.3 Å². The van der Waals surface area contributed by atoms with Gasteiger partial charge in [-0.2, -0.15) is 0 Å². The van der Waals surface area contributed by atoms with Crippen LogP contribution in [0.4, 0.5) is 0 Å². The van der Waals surface area contributed by atoms with Crippen molar-refractivity contribution < 1.29 is 13.2 Å². The van der Waals surface area contributed by atoms with E-state index in [1.807, 2.05) is 76.9 Å². The Morgan fingerprint density at radius 2 is 1.53 bits per heavy atom. The molecule has 8 heteroatoms. The Morgan fingerprint density at radius 3 is 2.18 bits per heavy atom. The lowest BCUT2D eigenvalue weighted by Crippen LogP contribution is -2.26. The van der Waals surface area contributed by atoms with Gasteiger partial charge in [-0.25, -0.2) is 18.1 Å². The molecule has 0 fully saturated rings. The molecule has 3 aromatic carbocycles. The largest absolute Gasteiger partial charge is 0.323 e. The third-order valence-corrected chi connectivity index (χ3v) is 6.71. The number of benzene rings is 3. The van der Waals surface area contributed by atoms with Crippen LogP contribution in [-0.2, 0) is 21.4 Å². The zero-order valence-corrected chi connectivity index (χ0v) is 22.1. The van der Waals surface area contributed by atoms with E-state index >= 15 is 0 Å². The van der Waals surface area contributed by atoms with E-state index in [1.165, 1.54) is 12.2 Å². The van der Waals surface area contributed by atoms with Crippen molar-refractivity contribution in [3.8, 4) is 11.8 Å². The summed E-state index contributed by atoms with van der Waals surface area (Å²) in [7, 11) is -3.97.